The zero-order chi connectivity index (χ0) is 15.1. The van der Waals surface area contributed by atoms with E-state index in [4.69, 9.17) is 10.6 Å². The molecule has 0 radical (unpaired) electrons. The van der Waals surface area contributed by atoms with E-state index in [2.05, 4.69) is 49.6 Å². The van der Waals surface area contributed by atoms with Gasteiger partial charge >= 0.3 is 0 Å². The normalized spacial score (nSPS) is 15.3. The Kier molecular flexibility index (Phi) is 5.90. The van der Waals surface area contributed by atoms with E-state index in [0.29, 0.717) is 31.1 Å². The lowest BCUT2D eigenvalue weighted by Crippen LogP contribution is -2.37. The molecule has 0 bridgehead atoms. The molecule has 118 valence electrons. The lowest BCUT2D eigenvalue weighted by Gasteiger charge is -2.27. The number of ether oxygens (including phenoxy) is 1. The minimum absolute atomic E-state index is 0.363. The van der Waals surface area contributed by atoms with E-state index in [1.807, 2.05) is 0 Å². The maximum absolute atomic E-state index is 5.43. The van der Waals surface area contributed by atoms with Crippen molar-refractivity contribution < 1.29 is 4.74 Å². The number of aromatic nitrogens is 3. The number of nitrogens with zero attached hydrogens (tertiary/aromatic N) is 5. The number of rotatable bonds is 7. The third kappa shape index (κ3) is 4.96. The first-order chi connectivity index (χ1) is 10.2. The predicted octanol–water partition coefficient (Wildman–Crippen LogP) is -0.643. The fourth-order valence-electron chi connectivity index (χ4n) is 2.01. The fraction of sp³-hybridized carbons (Fsp3) is 0.750. The number of nitrogens with one attached hydrogen (secondary N) is 2. The third-order valence-electron chi connectivity index (χ3n) is 3.11. The van der Waals surface area contributed by atoms with Crippen LogP contribution in [0.1, 0.15) is 6.42 Å². The molecule has 4 N–H and O–H groups in total. The zero-order valence-electron chi connectivity index (χ0n) is 12.7. The smallest absolute Gasteiger partial charge is 0.243 e. The summed E-state index contributed by atoms with van der Waals surface area (Å²) in [7, 11) is 4.10. The minimum atomic E-state index is 0.363. The van der Waals surface area contributed by atoms with Gasteiger partial charge in [0, 0.05) is 19.6 Å². The summed E-state index contributed by atoms with van der Waals surface area (Å²) in [6.45, 7) is 4.72. The highest BCUT2D eigenvalue weighted by molar-refractivity contribution is 5.43. The Morgan fingerprint density at radius 2 is 1.90 bits per heavy atom. The highest BCUT2D eigenvalue weighted by atomic mass is 16.5. The molecular weight excluding hydrogens is 272 g/mol. The highest BCUT2D eigenvalue weighted by Crippen LogP contribution is 2.14. The number of nitrogen functional groups attached to an aromatic ring is 1. The molecule has 0 aliphatic carbocycles. The van der Waals surface area contributed by atoms with E-state index in [-0.39, 0.29) is 0 Å². The Labute approximate surface area is 124 Å². The van der Waals surface area contributed by atoms with E-state index in [0.717, 1.165) is 32.6 Å². The Morgan fingerprint density at radius 1 is 1.19 bits per heavy atom. The number of morpholine rings is 1. The van der Waals surface area contributed by atoms with Crippen molar-refractivity contribution in [3.05, 3.63) is 0 Å². The molecule has 1 aliphatic rings. The second-order valence-corrected chi connectivity index (χ2v) is 5.11. The first-order valence-electron chi connectivity index (χ1n) is 7.13. The summed E-state index contributed by atoms with van der Waals surface area (Å²) in [6, 6.07) is 0. The van der Waals surface area contributed by atoms with Crippen LogP contribution < -0.4 is 21.5 Å². The molecule has 0 aromatic carbocycles. The molecular formula is C12H24N8O. The second kappa shape index (κ2) is 7.91. The average Bonchev–Trinajstić information content (AvgIpc) is 2.52. The molecule has 1 saturated heterocycles. The monoisotopic (exact) mass is 296 g/mol. The van der Waals surface area contributed by atoms with Gasteiger partial charge in [-0.05, 0) is 27.1 Å². The van der Waals surface area contributed by atoms with Gasteiger partial charge in [0.1, 0.15) is 0 Å². The zero-order valence-corrected chi connectivity index (χ0v) is 12.7. The first kappa shape index (κ1) is 15.7. The molecule has 1 fully saturated rings. The Morgan fingerprint density at radius 3 is 2.57 bits per heavy atom. The summed E-state index contributed by atoms with van der Waals surface area (Å²) in [6.07, 6.45) is 1.01. The molecule has 2 rings (SSSR count). The largest absolute Gasteiger partial charge is 0.378 e. The summed E-state index contributed by atoms with van der Waals surface area (Å²) in [5.74, 6) is 6.96. The molecule has 0 amide bonds. The van der Waals surface area contributed by atoms with Crippen molar-refractivity contribution >= 4 is 17.8 Å². The van der Waals surface area contributed by atoms with Gasteiger partial charge in [0.05, 0.1) is 13.2 Å². The van der Waals surface area contributed by atoms with Gasteiger partial charge in [-0.25, -0.2) is 5.84 Å². The minimum Gasteiger partial charge on any atom is -0.378 e. The van der Waals surface area contributed by atoms with Crippen LogP contribution in [0.15, 0.2) is 0 Å². The fourth-order valence-corrected chi connectivity index (χ4v) is 2.01. The third-order valence-corrected chi connectivity index (χ3v) is 3.11. The molecule has 0 saturated carbocycles. The van der Waals surface area contributed by atoms with E-state index < -0.39 is 0 Å². The Hall–Kier alpha value is -1.71. The maximum atomic E-state index is 5.43. The number of hydrogen-bond acceptors (Lipinski definition) is 9. The summed E-state index contributed by atoms with van der Waals surface area (Å²) in [5.41, 5.74) is 2.49. The van der Waals surface area contributed by atoms with Crippen molar-refractivity contribution in [3.8, 4) is 0 Å². The van der Waals surface area contributed by atoms with E-state index in [9.17, 15) is 0 Å². The Balaban J connectivity index is 1.99. The molecule has 21 heavy (non-hydrogen) atoms. The molecule has 2 heterocycles. The SMILES string of the molecule is CN(C)CCCNc1nc(NN)nc(N2CCOCC2)n1. The maximum Gasteiger partial charge on any atom is 0.243 e. The number of anilines is 3. The van der Waals surface area contributed by atoms with Crippen LogP contribution in [-0.4, -0.2) is 73.3 Å². The molecule has 9 nitrogen and oxygen atoms in total. The predicted molar refractivity (Wildman–Crippen MR) is 82.3 cm³/mol. The summed E-state index contributed by atoms with van der Waals surface area (Å²) in [5, 5.41) is 3.21. The van der Waals surface area contributed by atoms with E-state index in [1.54, 1.807) is 0 Å². The molecule has 1 aliphatic heterocycles. The van der Waals surface area contributed by atoms with E-state index >= 15 is 0 Å². The van der Waals surface area contributed by atoms with E-state index in [1.165, 1.54) is 0 Å². The number of hydrazine groups is 1. The van der Waals surface area contributed by atoms with Crippen LogP contribution in [0.4, 0.5) is 17.8 Å². The summed E-state index contributed by atoms with van der Waals surface area (Å²) < 4.78 is 5.34. The Bertz CT molecular complexity index is 435. The van der Waals surface area contributed by atoms with Crippen molar-refractivity contribution in [3.63, 3.8) is 0 Å². The van der Waals surface area contributed by atoms with Gasteiger partial charge in [-0.3, -0.25) is 5.43 Å². The topological polar surface area (TPSA) is 104 Å². The molecule has 0 atom stereocenters. The molecule has 1 aromatic heterocycles. The van der Waals surface area contributed by atoms with Crippen molar-refractivity contribution in [2.45, 2.75) is 6.42 Å². The first-order valence-corrected chi connectivity index (χ1v) is 7.13. The van der Waals surface area contributed by atoms with Gasteiger partial charge in [0.2, 0.25) is 17.8 Å². The van der Waals surface area contributed by atoms with Crippen LogP contribution in [0, 0.1) is 0 Å². The van der Waals surface area contributed by atoms with Crippen LogP contribution in [0.25, 0.3) is 0 Å². The van der Waals surface area contributed by atoms with Gasteiger partial charge in [-0.1, -0.05) is 0 Å². The van der Waals surface area contributed by atoms with Crippen molar-refractivity contribution in [2.24, 2.45) is 5.84 Å². The number of hydrogen-bond donors (Lipinski definition) is 3. The summed E-state index contributed by atoms with van der Waals surface area (Å²) >= 11 is 0. The van der Waals surface area contributed by atoms with Crippen LogP contribution in [0.5, 0.6) is 0 Å². The van der Waals surface area contributed by atoms with Crippen LogP contribution in [0.3, 0.4) is 0 Å². The number of nitrogens with two attached hydrogens (primary N) is 1. The molecule has 9 heteroatoms. The average molecular weight is 296 g/mol. The molecule has 0 unspecified atom stereocenters. The lowest BCUT2D eigenvalue weighted by atomic mass is 10.4. The second-order valence-electron chi connectivity index (χ2n) is 5.11. The quantitative estimate of drug-likeness (QED) is 0.344. The van der Waals surface area contributed by atoms with Gasteiger partial charge in [-0.15, -0.1) is 0 Å². The summed E-state index contributed by atoms with van der Waals surface area (Å²) in [4.78, 5) is 17.2. The van der Waals surface area contributed by atoms with Crippen molar-refractivity contribution in [1.29, 1.82) is 0 Å². The van der Waals surface area contributed by atoms with Crippen LogP contribution >= 0.6 is 0 Å². The molecule has 0 spiro atoms. The van der Waals surface area contributed by atoms with Crippen LogP contribution in [0.2, 0.25) is 0 Å². The lowest BCUT2D eigenvalue weighted by molar-refractivity contribution is 0.122. The van der Waals surface area contributed by atoms with Gasteiger partial charge in [0.25, 0.3) is 0 Å². The van der Waals surface area contributed by atoms with Gasteiger partial charge in [0.15, 0.2) is 0 Å². The molecule has 1 aromatic rings. The van der Waals surface area contributed by atoms with Crippen molar-refractivity contribution in [2.75, 3.05) is 69.1 Å². The van der Waals surface area contributed by atoms with Gasteiger partial charge < -0.3 is 19.9 Å². The highest BCUT2D eigenvalue weighted by Gasteiger charge is 2.16. The van der Waals surface area contributed by atoms with Gasteiger partial charge in [-0.2, -0.15) is 15.0 Å². The van der Waals surface area contributed by atoms with Crippen molar-refractivity contribution in [1.82, 2.24) is 19.9 Å². The standard InChI is InChI=1S/C12H24N8O/c1-19(2)5-3-4-14-10-15-11(18-13)17-12(16-10)20-6-8-21-9-7-20/h3-9,13H2,1-2H3,(H2,14,15,16,17,18). The van der Waals surface area contributed by atoms with Crippen LogP contribution in [-0.2, 0) is 4.74 Å².